The normalized spacial score (nSPS) is 17.8. The van der Waals surface area contributed by atoms with Crippen LogP contribution in [0.2, 0.25) is 5.02 Å². The van der Waals surface area contributed by atoms with Gasteiger partial charge in [-0.3, -0.25) is 0 Å². The van der Waals surface area contributed by atoms with E-state index in [9.17, 15) is 9.90 Å². The zero-order chi connectivity index (χ0) is 25.4. The Hall–Kier alpha value is -3.26. The summed E-state index contributed by atoms with van der Waals surface area (Å²) in [6.45, 7) is 7.63. The van der Waals surface area contributed by atoms with Gasteiger partial charge < -0.3 is 24.4 Å². The number of aromatic hydroxyl groups is 1. The number of fused-ring (bicyclic) bond motifs is 2. The van der Waals surface area contributed by atoms with Gasteiger partial charge in [-0.15, -0.1) is 0 Å². The van der Waals surface area contributed by atoms with Crippen LogP contribution in [0.4, 0.5) is 10.5 Å². The molecule has 8 nitrogen and oxygen atoms in total. The molecule has 0 spiro atoms. The van der Waals surface area contributed by atoms with Crippen LogP contribution in [0.5, 0.6) is 11.9 Å². The molecule has 1 amide bonds. The maximum absolute atomic E-state index is 12.6. The number of carbonyl (C=O) groups excluding carboxylic acids is 1. The van der Waals surface area contributed by atoms with E-state index in [0.29, 0.717) is 31.1 Å². The monoisotopic (exact) mass is 510 g/mol. The summed E-state index contributed by atoms with van der Waals surface area (Å²) in [4.78, 5) is 25.3. The lowest BCUT2D eigenvalue weighted by Gasteiger charge is -2.31. The highest BCUT2D eigenvalue weighted by Crippen LogP contribution is 2.36. The molecular weight excluding hydrogens is 480 g/mol. The number of benzene rings is 2. The third kappa shape index (κ3) is 5.00. The molecule has 1 saturated heterocycles. The van der Waals surface area contributed by atoms with E-state index >= 15 is 0 Å². The molecule has 1 atom stereocenters. The van der Waals surface area contributed by atoms with Crippen LogP contribution in [0.3, 0.4) is 0 Å². The van der Waals surface area contributed by atoms with Gasteiger partial charge in [0, 0.05) is 29.7 Å². The van der Waals surface area contributed by atoms with E-state index < -0.39 is 5.60 Å². The van der Waals surface area contributed by atoms with E-state index in [0.717, 1.165) is 40.6 Å². The van der Waals surface area contributed by atoms with E-state index in [1.54, 1.807) is 4.90 Å². The minimum Gasteiger partial charge on any atom is -0.493 e. The summed E-state index contributed by atoms with van der Waals surface area (Å²) in [6, 6.07) is 12.0. The van der Waals surface area contributed by atoms with Crippen molar-refractivity contribution in [3.63, 3.8) is 0 Å². The number of halogens is 1. The number of carbonyl (C=O) groups is 1. The SMILES string of the molecule is CC(C)(C)OC(=O)N1CCC[C@H]1COc1nc(O)c2c(n1)CN(c1cccc3cccc(Cl)c13)CC2. The maximum atomic E-state index is 12.6. The number of hydrogen-bond acceptors (Lipinski definition) is 7. The van der Waals surface area contributed by atoms with Crippen molar-refractivity contribution in [3.05, 3.63) is 52.7 Å². The summed E-state index contributed by atoms with van der Waals surface area (Å²) in [5, 5.41) is 13.4. The van der Waals surface area contributed by atoms with Crippen LogP contribution < -0.4 is 9.64 Å². The Morgan fingerprint density at radius 3 is 2.72 bits per heavy atom. The van der Waals surface area contributed by atoms with Crippen molar-refractivity contribution in [1.29, 1.82) is 0 Å². The summed E-state index contributed by atoms with van der Waals surface area (Å²) in [6.07, 6.45) is 1.96. The van der Waals surface area contributed by atoms with E-state index in [4.69, 9.17) is 21.1 Å². The smallest absolute Gasteiger partial charge is 0.410 e. The molecule has 3 heterocycles. The minimum atomic E-state index is -0.557. The van der Waals surface area contributed by atoms with Crippen molar-refractivity contribution in [2.24, 2.45) is 0 Å². The van der Waals surface area contributed by atoms with Crippen molar-refractivity contribution >= 4 is 34.2 Å². The molecule has 1 aromatic heterocycles. The molecule has 3 aromatic rings. The van der Waals surface area contributed by atoms with Crippen LogP contribution in [0.15, 0.2) is 36.4 Å². The number of hydrogen-bond donors (Lipinski definition) is 1. The first-order chi connectivity index (χ1) is 17.2. The lowest BCUT2D eigenvalue weighted by atomic mass is 10.0. The van der Waals surface area contributed by atoms with Crippen molar-refractivity contribution in [1.82, 2.24) is 14.9 Å². The second-order valence-electron chi connectivity index (χ2n) is 10.3. The lowest BCUT2D eigenvalue weighted by molar-refractivity contribution is 0.0183. The van der Waals surface area contributed by atoms with E-state index in [1.165, 1.54) is 0 Å². The molecule has 1 fully saturated rings. The maximum Gasteiger partial charge on any atom is 0.410 e. The van der Waals surface area contributed by atoms with Gasteiger partial charge in [0.25, 0.3) is 0 Å². The van der Waals surface area contributed by atoms with Gasteiger partial charge in [0.05, 0.1) is 23.3 Å². The molecule has 0 radical (unpaired) electrons. The minimum absolute atomic E-state index is 0.0546. The first kappa shape index (κ1) is 24.4. The molecular formula is C27H31ClN4O4. The molecule has 9 heteroatoms. The van der Waals surface area contributed by atoms with Crippen LogP contribution >= 0.6 is 11.6 Å². The molecule has 36 heavy (non-hydrogen) atoms. The molecule has 0 aliphatic carbocycles. The number of anilines is 1. The van der Waals surface area contributed by atoms with Gasteiger partial charge in [-0.05, 0) is 57.6 Å². The third-order valence-corrected chi connectivity index (χ3v) is 6.92. The first-order valence-corrected chi connectivity index (χ1v) is 12.7. The third-order valence-electron chi connectivity index (χ3n) is 6.61. The fraction of sp³-hybridized carbons (Fsp3) is 0.444. The molecule has 0 unspecified atom stereocenters. The van der Waals surface area contributed by atoms with Gasteiger partial charge in [-0.2, -0.15) is 9.97 Å². The fourth-order valence-corrected chi connectivity index (χ4v) is 5.22. The summed E-state index contributed by atoms with van der Waals surface area (Å²) in [5.41, 5.74) is 1.94. The van der Waals surface area contributed by atoms with Crippen LogP contribution in [0, 0.1) is 0 Å². The van der Waals surface area contributed by atoms with Gasteiger partial charge in [-0.25, -0.2) is 4.79 Å². The standard InChI is InChI=1S/C27H31ClN4O4/c1-27(2,3)36-26(34)32-13-6-9-18(32)16-35-25-29-21-15-31(14-12-19(21)24(33)30-25)22-11-5-8-17-7-4-10-20(28)23(17)22/h4-5,7-8,10-11,18H,6,9,12-16H2,1-3H3,(H,29,30,33)/t18-/m0/s1. The Kier molecular flexibility index (Phi) is 6.55. The van der Waals surface area contributed by atoms with Crippen LogP contribution in [-0.2, 0) is 17.7 Å². The summed E-state index contributed by atoms with van der Waals surface area (Å²) in [5.74, 6) is -0.0546. The highest BCUT2D eigenvalue weighted by atomic mass is 35.5. The number of amides is 1. The number of nitrogens with zero attached hydrogens (tertiary/aromatic N) is 4. The Bertz CT molecular complexity index is 1290. The molecule has 0 bridgehead atoms. The quantitative estimate of drug-likeness (QED) is 0.507. The number of likely N-dealkylation sites (tertiary alicyclic amines) is 1. The number of ether oxygens (including phenoxy) is 2. The molecule has 0 saturated carbocycles. The largest absolute Gasteiger partial charge is 0.493 e. The average Bonchev–Trinajstić information content (AvgIpc) is 3.30. The molecule has 2 aliphatic heterocycles. The molecule has 2 aromatic carbocycles. The Morgan fingerprint density at radius 2 is 1.94 bits per heavy atom. The summed E-state index contributed by atoms with van der Waals surface area (Å²) >= 11 is 6.56. The Balaban J connectivity index is 1.33. The van der Waals surface area contributed by atoms with Crippen molar-refractivity contribution < 1.29 is 19.4 Å². The van der Waals surface area contributed by atoms with Gasteiger partial charge >= 0.3 is 12.1 Å². The van der Waals surface area contributed by atoms with Crippen LogP contribution in [0.25, 0.3) is 10.8 Å². The predicted molar refractivity (Wildman–Crippen MR) is 139 cm³/mol. The first-order valence-electron chi connectivity index (χ1n) is 12.3. The summed E-state index contributed by atoms with van der Waals surface area (Å²) in [7, 11) is 0. The predicted octanol–water partition coefficient (Wildman–Crippen LogP) is 5.33. The van der Waals surface area contributed by atoms with Gasteiger partial charge in [0.15, 0.2) is 0 Å². The van der Waals surface area contributed by atoms with Crippen molar-refractivity contribution in [3.8, 4) is 11.9 Å². The van der Waals surface area contributed by atoms with E-state index in [1.807, 2.05) is 51.1 Å². The number of rotatable bonds is 4. The zero-order valence-electron chi connectivity index (χ0n) is 20.8. The summed E-state index contributed by atoms with van der Waals surface area (Å²) < 4.78 is 11.4. The topological polar surface area (TPSA) is 88.0 Å². The van der Waals surface area contributed by atoms with Crippen LogP contribution in [0.1, 0.15) is 44.9 Å². The number of aromatic nitrogens is 2. The highest BCUT2D eigenvalue weighted by Gasteiger charge is 2.33. The lowest BCUT2D eigenvalue weighted by Crippen LogP contribution is -2.42. The van der Waals surface area contributed by atoms with Gasteiger partial charge in [-0.1, -0.05) is 35.9 Å². The Labute approximate surface area is 215 Å². The van der Waals surface area contributed by atoms with Crippen LogP contribution in [-0.4, -0.2) is 57.4 Å². The molecule has 5 rings (SSSR count). The van der Waals surface area contributed by atoms with Crippen molar-refractivity contribution in [2.45, 2.75) is 58.2 Å². The van der Waals surface area contributed by atoms with E-state index in [2.05, 4.69) is 20.9 Å². The average molecular weight is 511 g/mol. The highest BCUT2D eigenvalue weighted by molar-refractivity contribution is 6.36. The Morgan fingerprint density at radius 1 is 1.17 bits per heavy atom. The molecule has 190 valence electrons. The second-order valence-corrected chi connectivity index (χ2v) is 10.7. The molecule has 1 N–H and O–H groups in total. The second kappa shape index (κ2) is 9.65. The fourth-order valence-electron chi connectivity index (χ4n) is 4.94. The van der Waals surface area contributed by atoms with Crippen molar-refractivity contribution in [2.75, 3.05) is 24.6 Å². The zero-order valence-corrected chi connectivity index (χ0v) is 21.6. The molecule has 2 aliphatic rings. The van der Waals surface area contributed by atoms with E-state index in [-0.39, 0.29) is 30.6 Å². The van der Waals surface area contributed by atoms with Gasteiger partial charge in [0.2, 0.25) is 5.88 Å². The van der Waals surface area contributed by atoms with Gasteiger partial charge in [0.1, 0.15) is 12.2 Å².